The van der Waals surface area contributed by atoms with Crippen LogP contribution in [0.25, 0.3) is 0 Å². The Hall–Kier alpha value is -3.09. The van der Waals surface area contributed by atoms with Gasteiger partial charge in [0.15, 0.2) is 0 Å². The van der Waals surface area contributed by atoms with Gasteiger partial charge in [-0.15, -0.1) is 0 Å². The van der Waals surface area contributed by atoms with Crippen LogP contribution in [0.3, 0.4) is 0 Å². The molecular formula is C22H25N3O4. The number of hydrogen-bond acceptors (Lipinski definition) is 5. The Kier molecular flexibility index (Phi) is 4.68. The number of carbonyl (C=O) groups excluding carboxylic acids is 1. The largest absolute Gasteiger partial charge is 0.456 e. The Labute approximate surface area is 168 Å². The summed E-state index contributed by atoms with van der Waals surface area (Å²) in [5, 5.41) is 3.15. The van der Waals surface area contributed by atoms with E-state index in [0.29, 0.717) is 35.1 Å². The van der Waals surface area contributed by atoms with Crippen LogP contribution >= 0.6 is 0 Å². The number of nitrogens with zero attached hydrogens (tertiary/aromatic N) is 1. The number of hydrogen-bond donors (Lipinski definition) is 2. The molecule has 152 valence electrons. The summed E-state index contributed by atoms with van der Waals surface area (Å²) in [7, 11) is 0. The molecule has 2 aliphatic rings. The van der Waals surface area contributed by atoms with Gasteiger partial charge in [-0.05, 0) is 23.0 Å². The van der Waals surface area contributed by atoms with Crippen molar-refractivity contribution >= 4 is 11.8 Å². The fourth-order valence-corrected chi connectivity index (χ4v) is 4.03. The summed E-state index contributed by atoms with van der Waals surface area (Å²) in [5.41, 5.74) is 2.48. The number of aromatic nitrogens is 2. The minimum Gasteiger partial charge on any atom is -0.456 e. The normalized spacial score (nSPS) is 18.0. The van der Waals surface area contributed by atoms with Gasteiger partial charge >= 0.3 is 11.7 Å². The van der Waals surface area contributed by atoms with Crippen molar-refractivity contribution in [1.29, 1.82) is 0 Å². The molecule has 2 N–H and O–H groups in total. The lowest BCUT2D eigenvalue weighted by Gasteiger charge is -2.28. The highest BCUT2D eigenvalue weighted by atomic mass is 16.5. The number of ether oxygens (including phenoxy) is 1. The number of H-pyrrole nitrogens is 1. The zero-order valence-electron chi connectivity index (χ0n) is 17.0. The zero-order valence-corrected chi connectivity index (χ0v) is 17.0. The predicted molar refractivity (Wildman–Crippen MR) is 110 cm³/mol. The summed E-state index contributed by atoms with van der Waals surface area (Å²) in [6.07, 6.45) is 0. The number of esters is 1. The zero-order chi connectivity index (χ0) is 20.9. The van der Waals surface area contributed by atoms with Crippen LogP contribution in [0.15, 0.2) is 45.1 Å². The Morgan fingerprint density at radius 1 is 1.10 bits per heavy atom. The highest BCUT2D eigenvalue weighted by Gasteiger charge is 2.41. The van der Waals surface area contributed by atoms with Crippen molar-refractivity contribution in [3.05, 3.63) is 73.1 Å². The van der Waals surface area contributed by atoms with E-state index < -0.39 is 23.1 Å². The van der Waals surface area contributed by atoms with Crippen LogP contribution in [0.5, 0.6) is 0 Å². The second-order valence-corrected chi connectivity index (χ2v) is 8.37. The molecule has 0 radical (unpaired) electrons. The van der Waals surface area contributed by atoms with Crippen LogP contribution in [0.4, 0.5) is 5.82 Å². The van der Waals surface area contributed by atoms with Gasteiger partial charge in [-0.25, -0.2) is 9.59 Å². The van der Waals surface area contributed by atoms with E-state index >= 15 is 0 Å². The third kappa shape index (κ3) is 3.20. The highest BCUT2D eigenvalue weighted by Crippen LogP contribution is 2.42. The number of aromatic amines is 1. The molecule has 0 amide bonds. The van der Waals surface area contributed by atoms with E-state index in [1.165, 1.54) is 5.56 Å². The van der Waals surface area contributed by atoms with E-state index in [1.807, 2.05) is 38.1 Å². The lowest BCUT2D eigenvalue weighted by atomic mass is 9.82. The first-order valence-electron chi connectivity index (χ1n) is 9.92. The third-order valence-corrected chi connectivity index (χ3v) is 5.46. The van der Waals surface area contributed by atoms with Crippen LogP contribution in [0, 0.1) is 5.92 Å². The summed E-state index contributed by atoms with van der Waals surface area (Å²) in [5.74, 6) is 0.0000699. The maximum atomic E-state index is 12.9. The van der Waals surface area contributed by atoms with Gasteiger partial charge in [-0.1, -0.05) is 52.0 Å². The van der Waals surface area contributed by atoms with Gasteiger partial charge in [0.2, 0.25) is 0 Å². The van der Waals surface area contributed by atoms with E-state index in [1.54, 1.807) is 4.57 Å². The molecule has 4 rings (SSSR count). The van der Waals surface area contributed by atoms with E-state index in [0.717, 1.165) is 5.56 Å². The summed E-state index contributed by atoms with van der Waals surface area (Å²) in [4.78, 5) is 40.4. The number of anilines is 1. The Bertz CT molecular complexity index is 1120. The van der Waals surface area contributed by atoms with Crippen LogP contribution in [-0.4, -0.2) is 22.1 Å². The quantitative estimate of drug-likeness (QED) is 0.777. The summed E-state index contributed by atoms with van der Waals surface area (Å²) in [6, 6.07) is 7.92. The first-order chi connectivity index (χ1) is 13.8. The smallest absolute Gasteiger partial charge is 0.337 e. The van der Waals surface area contributed by atoms with Gasteiger partial charge in [-0.2, -0.15) is 0 Å². The van der Waals surface area contributed by atoms with E-state index in [2.05, 4.69) is 24.1 Å². The number of fused-ring (bicyclic) bond motifs is 1. The van der Waals surface area contributed by atoms with E-state index in [9.17, 15) is 14.4 Å². The van der Waals surface area contributed by atoms with Gasteiger partial charge in [-0.3, -0.25) is 14.3 Å². The average Bonchev–Trinajstić information content (AvgIpc) is 3.04. The van der Waals surface area contributed by atoms with Crippen molar-refractivity contribution in [1.82, 2.24) is 9.55 Å². The van der Waals surface area contributed by atoms with Gasteiger partial charge in [0.05, 0.1) is 22.8 Å². The maximum Gasteiger partial charge on any atom is 0.337 e. The molecule has 7 heteroatoms. The van der Waals surface area contributed by atoms with Crippen molar-refractivity contribution in [3.63, 3.8) is 0 Å². The molecule has 29 heavy (non-hydrogen) atoms. The van der Waals surface area contributed by atoms with E-state index in [-0.39, 0.29) is 12.5 Å². The standard InChI is InChI=1S/C22H25N3O4/c1-11(2)9-25-19-18(20(26)24-22(25)28)16(17-15(23-19)10-29-21(17)27)14-7-5-13(6-8-14)12(3)4/h5-8,11-12,16,23H,9-10H2,1-4H3,(H,24,26,28)/t16-/m0/s1. The summed E-state index contributed by atoms with van der Waals surface area (Å²) >= 11 is 0. The number of cyclic esters (lactones) is 1. The molecule has 1 atom stereocenters. The highest BCUT2D eigenvalue weighted by molar-refractivity contribution is 5.96. The Morgan fingerprint density at radius 2 is 1.79 bits per heavy atom. The molecule has 7 nitrogen and oxygen atoms in total. The average molecular weight is 395 g/mol. The molecular weight excluding hydrogens is 370 g/mol. The molecule has 0 spiro atoms. The van der Waals surface area contributed by atoms with E-state index in [4.69, 9.17) is 4.74 Å². The Balaban J connectivity index is 1.96. The van der Waals surface area contributed by atoms with Crippen molar-refractivity contribution in [2.45, 2.75) is 46.1 Å². The summed E-state index contributed by atoms with van der Waals surface area (Å²) < 4.78 is 6.81. The first-order valence-corrected chi connectivity index (χ1v) is 9.92. The fraction of sp³-hybridized carbons (Fsp3) is 0.409. The van der Waals surface area contributed by atoms with Gasteiger partial charge in [0.1, 0.15) is 12.4 Å². The SMILES string of the molecule is CC(C)Cn1c2c(c(=O)[nH]c1=O)[C@@H](c1ccc(C(C)C)cc1)C1=C(COC1=O)N2. The second-order valence-electron chi connectivity index (χ2n) is 8.37. The molecule has 0 fully saturated rings. The minimum atomic E-state index is -0.583. The molecule has 0 saturated heterocycles. The number of benzene rings is 1. The van der Waals surface area contributed by atoms with Crippen LogP contribution < -0.4 is 16.6 Å². The van der Waals surface area contributed by atoms with Gasteiger partial charge in [0.25, 0.3) is 5.56 Å². The molecule has 2 aliphatic heterocycles. The topological polar surface area (TPSA) is 93.2 Å². The molecule has 0 saturated carbocycles. The second kappa shape index (κ2) is 7.06. The minimum absolute atomic E-state index is 0.108. The molecule has 0 aliphatic carbocycles. The van der Waals surface area contributed by atoms with Gasteiger partial charge < -0.3 is 10.1 Å². The monoisotopic (exact) mass is 395 g/mol. The lowest BCUT2D eigenvalue weighted by Crippen LogP contribution is -2.39. The molecule has 1 aromatic carbocycles. The predicted octanol–water partition coefficient (Wildman–Crippen LogP) is 2.68. The van der Waals surface area contributed by atoms with Crippen molar-refractivity contribution in [2.24, 2.45) is 5.92 Å². The molecule has 1 aromatic heterocycles. The number of nitrogens with one attached hydrogen (secondary N) is 2. The molecule has 0 bridgehead atoms. The molecule has 2 aromatic rings. The fourth-order valence-electron chi connectivity index (χ4n) is 4.03. The molecule has 3 heterocycles. The first kappa shape index (κ1) is 19.2. The van der Waals surface area contributed by atoms with Crippen LogP contribution in [-0.2, 0) is 16.1 Å². The Morgan fingerprint density at radius 3 is 2.41 bits per heavy atom. The maximum absolute atomic E-state index is 12.9. The number of carbonyl (C=O) groups is 1. The third-order valence-electron chi connectivity index (χ3n) is 5.46. The van der Waals surface area contributed by atoms with Crippen molar-refractivity contribution < 1.29 is 9.53 Å². The summed E-state index contributed by atoms with van der Waals surface area (Å²) in [6.45, 7) is 8.78. The van der Waals surface area contributed by atoms with Crippen LogP contribution in [0.2, 0.25) is 0 Å². The van der Waals surface area contributed by atoms with Crippen molar-refractivity contribution in [2.75, 3.05) is 11.9 Å². The van der Waals surface area contributed by atoms with Crippen molar-refractivity contribution in [3.8, 4) is 0 Å². The van der Waals surface area contributed by atoms with Gasteiger partial charge in [0, 0.05) is 6.54 Å². The number of rotatable bonds is 4. The molecule has 0 unspecified atom stereocenters. The van der Waals surface area contributed by atoms with Crippen LogP contribution in [0.1, 0.15) is 56.2 Å². The lowest BCUT2D eigenvalue weighted by molar-refractivity contribution is -0.136.